The number of hydrogen-bond acceptors (Lipinski definition) is 2. The topological polar surface area (TPSA) is 26.0 Å². The lowest BCUT2D eigenvalue weighted by Crippen LogP contribution is -2.23. The largest absolute Gasteiger partial charge is 0.327 e. The van der Waals surface area contributed by atoms with Crippen LogP contribution in [0.4, 0.5) is 4.39 Å². The maximum atomic E-state index is 12.9. The zero-order valence-corrected chi connectivity index (χ0v) is 9.90. The molecule has 84 valence electrons. The van der Waals surface area contributed by atoms with E-state index >= 15 is 0 Å². The van der Waals surface area contributed by atoms with Crippen LogP contribution in [-0.2, 0) is 6.42 Å². The molecule has 3 heteroatoms. The predicted octanol–water partition coefficient (Wildman–Crippen LogP) is 2.84. The third-order valence-corrected chi connectivity index (χ3v) is 3.16. The van der Waals surface area contributed by atoms with E-state index < -0.39 is 0 Å². The first-order valence-electron chi connectivity index (χ1n) is 5.30. The van der Waals surface area contributed by atoms with Crippen LogP contribution in [-0.4, -0.2) is 17.5 Å². The predicted molar refractivity (Wildman–Crippen MR) is 65.7 cm³/mol. The van der Waals surface area contributed by atoms with E-state index in [1.54, 1.807) is 12.1 Å². The van der Waals surface area contributed by atoms with Crippen LogP contribution in [0.1, 0.15) is 18.9 Å². The SMILES string of the molecule is CCSCCC(N)Cc1cccc(F)c1. The first-order chi connectivity index (χ1) is 7.22. The van der Waals surface area contributed by atoms with Crippen molar-refractivity contribution in [2.45, 2.75) is 25.8 Å². The van der Waals surface area contributed by atoms with Gasteiger partial charge in [0.1, 0.15) is 5.82 Å². The van der Waals surface area contributed by atoms with Gasteiger partial charge in [-0.25, -0.2) is 4.39 Å². The third kappa shape index (κ3) is 5.19. The highest BCUT2D eigenvalue weighted by molar-refractivity contribution is 7.99. The minimum absolute atomic E-state index is 0.144. The Morgan fingerprint density at radius 2 is 2.27 bits per heavy atom. The molecule has 0 aromatic heterocycles. The zero-order chi connectivity index (χ0) is 11.1. The van der Waals surface area contributed by atoms with Gasteiger partial charge < -0.3 is 5.73 Å². The zero-order valence-electron chi connectivity index (χ0n) is 9.08. The van der Waals surface area contributed by atoms with Gasteiger partial charge in [-0.1, -0.05) is 19.1 Å². The Morgan fingerprint density at radius 3 is 2.93 bits per heavy atom. The van der Waals surface area contributed by atoms with Gasteiger partial charge in [0.25, 0.3) is 0 Å². The summed E-state index contributed by atoms with van der Waals surface area (Å²) in [5.41, 5.74) is 6.95. The lowest BCUT2D eigenvalue weighted by Gasteiger charge is -2.10. The Hall–Kier alpha value is -0.540. The van der Waals surface area contributed by atoms with Crippen LogP contribution in [0, 0.1) is 5.82 Å². The number of rotatable bonds is 6. The van der Waals surface area contributed by atoms with Crippen molar-refractivity contribution in [2.75, 3.05) is 11.5 Å². The minimum atomic E-state index is -0.178. The van der Waals surface area contributed by atoms with Crippen molar-refractivity contribution < 1.29 is 4.39 Å². The lowest BCUT2D eigenvalue weighted by atomic mass is 10.0. The van der Waals surface area contributed by atoms with Crippen molar-refractivity contribution >= 4 is 11.8 Å². The van der Waals surface area contributed by atoms with Gasteiger partial charge in [0.2, 0.25) is 0 Å². The lowest BCUT2D eigenvalue weighted by molar-refractivity contribution is 0.616. The third-order valence-electron chi connectivity index (χ3n) is 2.22. The van der Waals surface area contributed by atoms with E-state index in [-0.39, 0.29) is 11.9 Å². The van der Waals surface area contributed by atoms with Gasteiger partial charge in [0.15, 0.2) is 0 Å². The van der Waals surface area contributed by atoms with E-state index in [9.17, 15) is 4.39 Å². The summed E-state index contributed by atoms with van der Waals surface area (Å²) in [4.78, 5) is 0. The highest BCUT2D eigenvalue weighted by atomic mass is 32.2. The summed E-state index contributed by atoms with van der Waals surface area (Å²) in [6.45, 7) is 2.14. The molecule has 1 nitrogen and oxygen atoms in total. The second-order valence-electron chi connectivity index (χ2n) is 3.58. The smallest absolute Gasteiger partial charge is 0.123 e. The average Bonchev–Trinajstić information content (AvgIpc) is 2.18. The summed E-state index contributed by atoms with van der Waals surface area (Å²) in [6.07, 6.45) is 1.76. The van der Waals surface area contributed by atoms with Crippen molar-refractivity contribution in [1.82, 2.24) is 0 Å². The molecule has 2 N–H and O–H groups in total. The summed E-state index contributed by atoms with van der Waals surface area (Å²) in [5, 5.41) is 0. The van der Waals surface area contributed by atoms with E-state index in [1.807, 2.05) is 17.8 Å². The fourth-order valence-electron chi connectivity index (χ4n) is 1.45. The number of thioether (sulfide) groups is 1. The number of nitrogens with two attached hydrogens (primary N) is 1. The maximum absolute atomic E-state index is 12.9. The minimum Gasteiger partial charge on any atom is -0.327 e. The summed E-state index contributed by atoms with van der Waals surface area (Å²) < 4.78 is 12.9. The van der Waals surface area contributed by atoms with Gasteiger partial charge in [0, 0.05) is 6.04 Å². The van der Waals surface area contributed by atoms with Crippen molar-refractivity contribution in [3.63, 3.8) is 0 Å². The van der Waals surface area contributed by atoms with Gasteiger partial charge in [-0.05, 0) is 42.0 Å². The Bertz CT molecular complexity index is 291. The monoisotopic (exact) mass is 227 g/mol. The number of halogens is 1. The van der Waals surface area contributed by atoms with E-state index in [1.165, 1.54) is 6.07 Å². The van der Waals surface area contributed by atoms with Crippen LogP contribution >= 0.6 is 11.8 Å². The maximum Gasteiger partial charge on any atom is 0.123 e. The van der Waals surface area contributed by atoms with E-state index in [4.69, 9.17) is 5.73 Å². The molecule has 0 heterocycles. The first kappa shape index (κ1) is 12.5. The molecular weight excluding hydrogens is 209 g/mol. The van der Waals surface area contributed by atoms with Gasteiger partial charge >= 0.3 is 0 Å². The second kappa shape index (κ2) is 6.85. The molecule has 0 fully saturated rings. The standard InChI is InChI=1S/C12H18FNS/c1-2-15-7-6-12(14)9-10-4-3-5-11(13)8-10/h3-5,8,12H,2,6-7,9,14H2,1H3. The average molecular weight is 227 g/mol. The Balaban J connectivity index is 2.34. The molecule has 1 rings (SSSR count). The van der Waals surface area contributed by atoms with E-state index in [0.717, 1.165) is 29.9 Å². The van der Waals surface area contributed by atoms with Crippen LogP contribution in [0.15, 0.2) is 24.3 Å². The fourth-order valence-corrected chi connectivity index (χ4v) is 2.21. The molecule has 0 aliphatic rings. The van der Waals surface area contributed by atoms with Gasteiger partial charge in [-0.3, -0.25) is 0 Å². The van der Waals surface area contributed by atoms with Gasteiger partial charge in [0.05, 0.1) is 0 Å². The van der Waals surface area contributed by atoms with Crippen molar-refractivity contribution in [3.05, 3.63) is 35.6 Å². The Labute approximate surface area is 95.2 Å². The normalized spacial score (nSPS) is 12.7. The van der Waals surface area contributed by atoms with Crippen molar-refractivity contribution in [2.24, 2.45) is 5.73 Å². The second-order valence-corrected chi connectivity index (χ2v) is 4.97. The Morgan fingerprint density at radius 1 is 1.47 bits per heavy atom. The summed E-state index contributed by atoms with van der Waals surface area (Å²) >= 11 is 1.90. The molecular formula is C12H18FNS. The molecule has 0 saturated carbocycles. The van der Waals surface area contributed by atoms with Crippen molar-refractivity contribution in [3.8, 4) is 0 Å². The molecule has 0 aliphatic carbocycles. The molecule has 0 spiro atoms. The molecule has 1 aromatic rings. The summed E-state index contributed by atoms with van der Waals surface area (Å²) in [7, 11) is 0. The van der Waals surface area contributed by atoms with Gasteiger partial charge in [-0.2, -0.15) is 11.8 Å². The highest BCUT2D eigenvalue weighted by Gasteiger charge is 2.04. The van der Waals surface area contributed by atoms with E-state index in [0.29, 0.717) is 0 Å². The molecule has 0 saturated heterocycles. The molecule has 15 heavy (non-hydrogen) atoms. The van der Waals surface area contributed by atoms with Gasteiger partial charge in [-0.15, -0.1) is 0 Å². The Kier molecular flexibility index (Phi) is 5.73. The summed E-state index contributed by atoms with van der Waals surface area (Å²) in [5.74, 6) is 2.04. The molecule has 0 amide bonds. The van der Waals surface area contributed by atoms with Crippen molar-refractivity contribution in [1.29, 1.82) is 0 Å². The van der Waals surface area contributed by atoms with Crippen LogP contribution < -0.4 is 5.73 Å². The molecule has 1 unspecified atom stereocenters. The highest BCUT2D eigenvalue weighted by Crippen LogP contribution is 2.09. The molecule has 0 radical (unpaired) electrons. The fraction of sp³-hybridized carbons (Fsp3) is 0.500. The van der Waals surface area contributed by atoms with Crippen LogP contribution in [0.25, 0.3) is 0 Å². The molecule has 0 aliphatic heterocycles. The number of benzene rings is 1. The molecule has 1 aromatic carbocycles. The van der Waals surface area contributed by atoms with Crippen LogP contribution in [0.2, 0.25) is 0 Å². The first-order valence-corrected chi connectivity index (χ1v) is 6.45. The quantitative estimate of drug-likeness (QED) is 0.756. The van der Waals surface area contributed by atoms with E-state index in [2.05, 4.69) is 6.92 Å². The molecule has 1 atom stereocenters. The van der Waals surface area contributed by atoms with Crippen LogP contribution in [0.5, 0.6) is 0 Å². The number of hydrogen-bond donors (Lipinski definition) is 1. The molecule has 0 bridgehead atoms. The summed E-state index contributed by atoms with van der Waals surface area (Å²) in [6, 6.07) is 6.83. The van der Waals surface area contributed by atoms with Crippen LogP contribution in [0.3, 0.4) is 0 Å².